The van der Waals surface area contributed by atoms with Crippen LogP contribution in [0.3, 0.4) is 0 Å². The minimum absolute atomic E-state index is 0.00463. The Morgan fingerprint density at radius 1 is 0.917 bits per heavy atom. The molecule has 2 heterocycles. The van der Waals surface area contributed by atoms with E-state index in [-0.39, 0.29) is 17.7 Å². The summed E-state index contributed by atoms with van der Waals surface area (Å²) in [6.07, 6.45) is 5.49. The molecule has 2 unspecified atom stereocenters. The number of piperidine rings is 1. The molecule has 1 fully saturated rings. The minimum atomic E-state index is 0.00463. The molecule has 0 radical (unpaired) electrons. The van der Waals surface area contributed by atoms with Crippen molar-refractivity contribution < 1.29 is 9.59 Å². The van der Waals surface area contributed by atoms with Crippen LogP contribution in [0.2, 0.25) is 0 Å². The summed E-state index contributed by atoms with van der Waals surface area (Å²) in [5.41, 5.74) is 5.14. The highest BCUT2D eigenvalue weighted by molar-refractivity contribution is 6.02. The quantitative estimate of drug-likeness (QED) is 0.403. The van der Waals surface area contributed by atoms with E-state index in [1.165, 1.54) is 67.6 Å². The zero-order valence-electron chi connectivity index (χ0n) is 22.4. The van der Waals surface area contributed by atoms with Crippen LogP contribution >= 0.6 is 0 Å². The molecule has 0 aromatic heterocycles. The first-order valence-corrected chi connectivity index (χ1v) is 13.1. The van der Waals surface area contributed by atoms with Crippen LogP contribution in [0, 0.1) is 0 Å². The van der Waals surface area contributed by atoms with E-state index in [2.05, 4.69) is 65.9 Å². The standard InChI is InChI=1S/C13H12.C9H9NO.C6H13N.C3H7NO/c1-9-8-11-6-2-4-10-5-3-7-12(9)13(10)11;1-6-7-4-2-3-5-8(7)10-9(6)11;1-7-5-3-2-4-6-7;1-3(5)4-2/h2-7,9H,8H2,1H3;2-6H,1H3,(H,10,11);2-6H2,1H3;1-2H3,(H,4,5). The summed E-state index contributed by atoms with van der Waals surface area (Å²) in [6, 6.07) is 21.1. The van der Waals surface area contributed by atoms with Crippen molar-refractivity contribution in [1.29, 1.82) is 0 Å². The molecule has 2 aliphatic heterocycles. The van der Waals surface area contributed by atoms with Crippen molar-refractivity contribution in [2.75, 3.05) is 32.5 Å². The lowest BCUT2D eigenvalue weighted by Crippen LogP contribution is -2.24. The minimum Gasteiger partial charge on any atom is -0.359 e. The number of anilines is 1. The number of rotatable bonds is 0. The maximum absolute atomic E-state index is 11.1. The van der Waals surface area contributed by atoms with Gasteiger partial charge in [-0.2, -0.15) is 0 Å². The molecule has 5 nitrogen and oxygen atoms in total. The van der Waals surface area contributed by atoms with Gasteiger partial charge in [-0.1, -0.05) is 67.9 Å². The molecule has 192 valence electrons. The third-order valence-corrected chi connectivity index (χ3v) is 7.09. The zero-order chi connectivity index (χ0) is 26.1. The molecule has 2 N–H and O–H groups in total. The van der Waals surface area contributed by atoms with Gasteiger partial charge in [-0.25, -0.2) is 0 Å². The SMILES string of the molecule is CC1C(=O)Nc2ccccc21.CC1Cc2cccc3cccc1c23.CN1CCCCC1.CNC(C)=O. The summed E-state index contributed by atoms with van der Waals surface area (Å²) >= 11 is 0. The third-order valence-electron chi connectivity index (χ3n) is 7.09. The number of amides is 2. The fraction of sp³-hybridized carbons (Fsp3) is 0.419. The molecule has 0 spiro atoms. The van der Waals surface area contributed by atoms with Crippen molar-refractivity contribution in [3.63, 3.8) is 0 Å². The Labute approximate surface area is 216 Å². The number of hydrogen-bond acceptors (Lipinski definition) is 3. The maximum atomic E-state index is 11.1. The monoisotopic (exact) mass is 487 g/mol. The first-order valence-electron chi connectivity index (χ1n) is 13.1. The number of fused-ring (bicyclic) bond motifs is 1. The van der Waals surface area contributed by atoms with Crippen molar-refractivity contribution in [2.24, 2.45) is 0 Å². The molecule has 0 saturated carbocycles. The number of hydrogen-bond donors (Lipinski definition) is 2. The molecule has 1 aliphatic carbocycles. The lowest BCUT2D eigenvalue weighted by atomic mass is 10.0. The van der Waals surface area contributed by atoms with E-state index in [1.54, 1.807) is 7.05 Å². The Balaban J connectivity index is 0.000000143. The van der Waals surface area contributed by atoms with Gasteiger partial charge in [0, 0.05) is 19.7 Å². The molecule has 0 bridgehead atoms. The predicted molar refractivity (Wildman–Crippen MR) is 151 cm³/mol. The molecule has 36 heavy (non-hydrogen) atoms. The summed E-state index contributed by atoms with van der Waals surface area (Å²) in [4.78, 5) is 23.2. The number of carbonyl (C=O) groups is 2. The third kappa shape index (κ3) is 7.17. The normalized spacial score (nSPS) is 19.4. The van der Waals surface area contributed by atoms with Crippen LogP contribution in [0.25, 0.3) is 10.8 Å². The van der Waals surface area contributed by atoms with Crippen molar-refractivity contribution in [2.45, 2.75) is 58.3 Å². The van der Waals surface area contributed by atoms with Gasteiger partial charge in [0.1, 0.15) is 0 Å². The Morgan fingerprint density at radius 2 is 1.53 bits per heavy atom. The van der Waals surface area contributed by atoms with Crippen LogP contribution < -0.4 is 10.6 Å². The van der Waals surface area contributed by atoms with Gasteiger partial charge in [-0.3, -0.25) is 9.59 Å². The highest BCUT2D eigenvalue weighted by atomic mass is 16.2. The lowest BCUT2D eigenvalue weighted by Gasteiger charge is -2.20. The van der Waals surface area contributed by atoms with E-state index in [4.69, 9.17) is 0 Å². The largest absolute Gasteiger partial charge is 0.359 e. The van der Waals surface area contributed by atoms with Crippen LogP contribution in [0.1, 0.15) is 68.6 Å². The molecular formula is C31H41N3O2. The van der Waals surface area contributed by atoms with E-state index >= 15 is 0 Å². The number of carbonyl (C=O) groups excluding carboxylic acids is 2. The Bertz CT molecular complexity index is 1160. The van der Waals surface area contributed by atoms with Crippen LogP contribution in [-0.2, 0) is 16.0 Å². The molecule has 1 saturated heterocycles. The van der Waals surface area contributed by atoms with Gasteiger partial charge in [0.2, 0.25) is 11.8 Å². The Kier molecular flexibility index (Phi) is 10.1. The van der Waals surface area contributed by atoms with Crippen molar-refractivity contribution in [1.82, 2.24) is 10.2 Å². The van der Waals surface area contributed by atoms with E-state index in [0.29, 0.717) is 5.92 Å². The van der Waals surface area contributed by atoms with Crippen LogP contribution in [-0.4, -0.2) is 43.9 Å². The Hall–Kier alpha value is -3.18. The summed E-state index contributed by atoms with van der Waals surface area (Å²) < 4.78 is 0. The van der Waals surface area contributed by atoms with Gasteiger partial charge in [-0.15, -0.1) is 0 Å². The zero-order valence-corrected chi connectivity index (χ0v) is 22.4. The summed E-state index contributed by atoms with van der Waals surface area (Å²) in [5.74, 6) is 0.837. The Morgan fingerprint density at radius 3 is 2.11 bits per heavy atom. The maximum Gasteiger partial charge on any atom is 0.231 e. The topological polar surface area (TPSA) is 61.4 Å². The molecule has 5 heteroatoms. The van der Waals surface area contributed by atoms with E-state index < -0.39 is 0 Å². The smallest absolute Gasteiger partial charge is 0.231 e. The van der Waals surface area contributed by atoms with Gasteiger partial charge < -0.3 is 15.5 Å². The fourth-order valence-corrected chi connectivity index (χ4v) is 4.89. The predicted octanol–water partition coefficient (Wildman–Crippen LogP) is 6.10. The number of para-hydroxylation sites is 1. The molecule has 2 amide bonds. The van der Waals surface area contributed by atoms with Gasteiger partial charge >= 0.3 is 0 Å². The van der Waals surface area contributed by atoms with Crippen LogP contribution in [0.15, 0.2) is 60.7 Å². The first-order chi connectivity index (χ1) is 17.3. The molecule has 6 rings (SSSR count). The number of nitrogens with zero attached hydrogens (tertiary/aromatic N) is 1. The second-order valence-electron chi connectivity index (χ2n) is 9.94. The molecule has 2 atom stereocenters. The second kappa shape index (κ2) is 13.2. The molecular weight excluding hydrogens is 446 g/mol. The summed E-state index contributed by atoms with van der Waals surface area (Å²) in [5, 5.41) is 8.11. The van der Waals surface area contributed by atoms with Gasteiger partial charge in [0.15, 0.2) is 0 Å². The van der Waals surface area contributed by atoms with E-state index in [1.807, 2.05) is 31.2 Å². The average molecular weight is 488 g/mol. The number of nitrogens with one attached hydrogen (secondary N) is 2. The average Bonchev–Trinajstić information content (AvgIpc) is 3.37. The van der Waals surface area contributed by atoms with Crippen molar-refractivity contribution in [3.8, 4) is 0 Å². The molecule has 3 aliphatic rings. The fourth-order valence-electron chi connectivity index (χ4n) is 4.89. The van der Waals surface area contributed by atoms with E-state index in [0.717, 1.165) is 11.3 Å². The molecule has 3 aromatic rings. The summed E-state index contributed by atoms with van der Waals surface area (Å²) in [7, 11) is 3.79. The second-order valence-corrected chi connectivity index (χ2v) is 9.94. The lowest BCUT2D eigenvalue weighted by molar-refractivity contribution is -0.118. The molecule has 3 aromatic carbocycles. The number of likely N-dealkylation sites (tertiary alicyclic amines) is 1. The van der Waals surface area contributed by atoms with Gasteiger partial charge in [0.05, 0.1) is 5.92 Å². The van der Waals surface area contributed by atoms with Crippen LogP contribution in [0.4, 0.5) is 5.69 Å². The number of benzene rings is 3. The highest BCUT2D eigenvalue weighted by Gasteiger charge is 2.25. The highest BCUT2D eigenvalue weighted by Crippen LogP contribution is 2.37. The first kappa shape index (κ1) is 27.4. The van der Waals surface area contributed by atoms with Gasteiger partial charge in [0.25, 0.3) is 0 Å². The van der Waals surface area contributed by atoms with Gasteiger partial charge in [-0.05, 0) is 85.8 Å². The van der Waals surface area contributed by atoms with E-state index in [9.17, 15) is 9.59 Å². The van der Waals surface area contributed by atoms with Crippen LogP contribution in [0.5, 0.6) is 0 Å². The van der Waals surface area contributed by atoms with Crippen molar-refractivity contribution >= 4 is 28.3 Å². The summed E-state index contributed by atoms with van der Waals surface area (Å²) in [6.45, 7) is 8.34. The van der Waals surface area contributed by atoms with Crippen molar-refractivity contribution in [3.05, 3.63) is 77.4 Å².